The van der Waals surface area contributed by atoms with Crippen molar-refractivity contribution in [1.29, 1.82) is 0 Å². The van der Waals surface area contributed by atoms with E-state index in [1.165, 1.54) is 51.4 Å². The molecule has 0 aliphatic heterocycles. The van der Waals surface area contributed by atoms with Crippen molar-refractivity contribution in [2.45, 2.75) is 79.1 Å². The predicted molar refractivity (Wildman–Crippen MR) is 99.2 cm³/mol. The van der Waals surface area contributed by atoms with E-state index in [2.05, 4.69) is 27.7 Å². The second kappa shape index (κ2) is 12.0. The van der Waals surface area contributed by atoms with Crippen LogP contribution in [0.3, 0.4) is 0 Å². The fourth-order valence-electron chi connectivity index (χ4n) is 2.89. The molecule has 20 heavy (non-hydrogen) atoms. The molecule has 0 aromatic rings. The molecule has 2 atom stereocenters. The molecule has 120 valence electrons. The molecule has 0 rings (SSSR count). The van der Waals surface area contributed by atoms with Gasteiger partial charge in [-0.1, -0.05) is 53.4 Å². The molecule has 0 aliphatic rings. The van der Waals surface area contributed by atoms with Crippen LogP contribution in [0.15, 0.2) is 0 Å². The van der Waals surface area contributed by atoms with Crippen molar-refractivity contribution in [1.82, 2.24) is 0 Å². The lowest BCUT2D eigenvalue weighted by atomic mass is 9.96. The predicted octanol–water partition coefficient (Wildman–Crippen LogP) is 6.04. The molecule has 1 nitrogen and oxygen atoms in total. The zero-order valence-corrected chi connectivity index (χ0v) is 15.8. The summed E-state index contributed by atoms with van der Waals surface area (Å²) in [4.78, 5) is 0. The first kappa shape index (κ1) is 20.4. The standard InChI is InChI=1S/C17H36NS2/c1-5-9-11-16(7-3)13-18(20,15-19)14-17(8-4)12-10-6-2/h15-17,20H,5-14H2,1-4H3/q+1. The first-order valence-electron chi connectivity index (χ1n) is 8.60. The molecule has 0 spiro atoms. The minimum Gasteiger partial charge on any atom is -0.228 e. The zero-order chi connectivity index (χ0) is 15.4. The third-order valence-corrected chi connectivity index (χ3v) is 5.43. The molecule has 2 unspecified atom stereocenters. The third kappa shape index (κ3) is 8.63. The summed E-state index contributed by atoms with van der Waals surface area (Å²) in [6.07, 6.45) is 10.4. The van der Waals surface area contributed by atoms with Crippen LogP contribution in [0.1, 0.15) is 79.1 Å². The van der Waals surface area contributed by atoms with Gasteiger partial charge >= 0.3 is 0 Å². The monoisotopic (exact) mass is 318 g/mol. The van der Waals surface area contributed by atoms with Gasteiger partial charge in [-0.25, -0.2) is 3.89 Å². The molecule has 0 heterocycles. The average molecular weight is 319 g/mol. The summed E-state index contributed by atoms with van der Waals surface area (Å²) in [5, 5.41) is 0. The van der Waals surface area contributed by atoms with Gasteiger partial charge < -0.3 is 0 Å². The Morgan fingerprint density at radius 2 is 1.30 bits per heavy atom. The molecule has 0 aromatic carbocycles. The molecular weight excluding hydrogens is 282 g/mol. The summed E-state index contributed by atoms with van der Waals surface area (Å²) >= 11 is 10.2. The van der Waals surface area contributed by atoms with Gasteiger partial charge in [0, 0.05) is 11.8 Å². The number of quaternary nitrogens is 1. The molecule has 0 saturated carbocycles. The van der Waals surface area contributed by atoms with Gasteiger partial charge in [0.05, 0.1) is 25.9 Å². The van der Waals surface area contributed by atoms with Gasteiger partial charge in [-0.3, -0.25) is 0 Å². The van der Waals surface area contributed by atoms with Crippen LogP contribution in [0.5, 0.6) is 0 Å². The van der Waals surface area contributed by atoms with E-state index in [1.807, 2.05) is 5.49 Å². The largest absolute Gasteiger partial charge is 0.228 e. The number of thiocarbonyl (C=S) groups is 1. The third-order valence-electron chi connectivity index (χ3n) is 4.43. The molecule has 0 saturated heterocycles. The number of rotatable bonds is 13. The molecule has 0 amide bonds. The van der Waals surface area contributed by atoms with Crippen molar-refractivity contribution in [2.75, 3.05) is 13.1 Å². The quantitative estimate of drug-likeness (QED) is 0.245. The molecule has 3 heteroatoms. The van der Waals surface area contributed by atoms with Crippen molar-refractivity contribution in [3.63, 3.8) is 0 Å². The SMILES string of the molecule is CCCCC(CC)C[N+](S)(C=S)CC(CC)CCCC. The van der Waals surface area contributed by atoms with E-state index in [-0.39, 0.29) is 0 Å². The Labute approximate surface area is 138 Å². The van der Waals surface area contributed by atoms with Crippen LogP contribution in [0.4, 0.5) is 0 Å². The van der Waals surface area contributed by atoms with E-state index < -0.39 is 0 Å². The second-order valence-corrected chi connectivity index (χ2v) is 7.30. The normalized spacial score (nSPS) is 17.4. The lowest BCUT2D eigenvalue weighted by Crippen LogP contribution is -2.44. The van der Waals surface area contributed by atoms with Crippen LogP contribution in [0.2, 0.25) is 0 Å². The van der Waals surface area contributed by atoms with Crippen LogP contribution >= 0.6 is 25.0 Å². The van der Waals surface area contributed by atoms with Crippen LogP contribution in [-0.4, -0.2) is 22.5 Å². The van der Waals surface area contributed by atoms with Crippen molar-refractivity contribution in [3.05, 3.63) is 0 Å². The minimum atomic E-state index is 0.680. The maximum Gasteiger partial charge on any atom is 0.172 e. The van der Waals surface area contributed by atoms with E-state index in [9.17, 15) is 0 Å². The van der Waals surface area contributed by atoms with Crippen molar-refractivity contribution >= 4 is 30.5 Å². The molecule has 0 N–H and O–H groups in total. The highest BCUT2D eigenvalue weighted by Gasteiger charge is 2.28. The number of unbranched alkanes of at least 4 members (excludes halogenated alkanes) is 2. The summed E-state index contributed by atoms with van der Waals surface area (Å²) in [7, 11) is 0. The van der Waals surface area contributed by atoms with Crippen LogP contribution in [0.25, 0.3) is 0 Å². The van der Waals surface area contributed by atoms with E-state index in [1.54, 1.807) is 0 Å². The van der Waals surface area contributed by atoms with Gasteiger partial charge in [0.1, 0.15) is 0 Å². The highest BCUT2D eigenvalue weighted by atomic mass is 32.1. The maximum absolute atomic E-state index is 5.32. The van der Waals surface area contributed by atoms with Crippen molar-refractivity contribution in [3.8, 4) is 0 Å². The molecule has 0 radical (unpaired) electrons. The van der Waals surface area contributed by atoms with E-state index in [0.29, 0.717) is 3.89 Å². The number of thiol groups is 1. The summed E-state index contributed by atoms with van der Waals surface area (Å²) < 4.78 is 0.680. The Hall–Kier alpha value is 0.400. The van der Waals surface area contributed by atoms with Crippen molar-refractivity contribution in [2.24, 2.45) is 11.8 Å². The van der Waals surface area contributed by atoms with Gasteiger partial charge in [-0.05, 0) is 37.9 Å². The smallest absolute Gasteiger partial charge is 0.172 e. The number of hydrogen-bond donors (Lipinski definition) is 1. The van der Waals surface area contributed by atoms with Crippen molar-refractivity contribution < 1.29 is 3.89 Å². The Morgan fingerprint density at radius 3 is 1.55 bits per heavy atom. The lowest BCUT2D eigenvalue weighted by molar-refractivity contribution is -0.695. The summed E-state index contributed by atoms with van der Waals surface area (Å²) in [6, 6.07) is 0. The Bertz CT molecular complexity index is 225. The Morgan fingerprint density at radius 1 is 0.900 bits per heavy atom. The van der Waals surface area contributed by atoms with Crippen LogP contribution < -0.4 is 0 Å². The fraction of sp³-hybridized carbons (Fsp3) is 0.941. The summed E-state index contributed by atoms with van der Waals surface area (Å²) in [5.41, 5.74) is 1.90. The molecule has 0 bridgehead atoms. The summed E-state index contributed by atoms with van der Waals surface area (Å²) in [5.74, 6) is 1.52. The lowest BCUT2D eigenvalue weighted by Gasteiger charge is -2.33. The fourth-order valence-corrected chi connectivity index (χ4v) is 3.52. The Balaban J connectivity index is 4.51. The molecule has 0 fully saturated rings. The Kier molecular flexibility index (Phi) is 12.2. The van der Waals surface area contributed by atoms with Crippen LogP contribution in [-0.2, 0) is 0 Å². The average Bonchev–Trinajstić information content (AvgIpc) is 2.47. The minimum absolute atomic E-state index is 0.680. The van der Waals surface area contributed by atoms with E-state index in [0.717, 1.165) is 24.9 Å². The van der Waals surface area contributed by atoms with Gasteiger partial charge in [-0.2, -0.15) is 0 Å². The topological polar surface area (TPSA) is 0 Å². The number of hydrogen-bond acceptors (Lipinski definition) is 2. The highest BCUT2D eigenvalue weighted by Crippen LogP contribution is 2.25. The molecule has 0 aliphatic carbocycles. The molecule has 0 aromatic heterocycles. The second-order valence-electron chi connectivity index (χ2n) is 6.29. The van der Waals surface area contributed by atoms with E-state index >= 15 is 0 Å². The summed E-state index contributed by atoms with van der Waals surface area (Å²) in [6.45, 7) is 11.4. The maximum atomic E-state index is 5.32. The first-order valence-corrected chi connectivity index (χ1v) is 9.48. The van der Waals surface area contributed by atoms with Gasteiger partial charge in [0.25, 0.3) is 0 Å². The van der Waals surface area contributed by atoms with Gasteiger partial charge in [0.15, 0.2) is 5.49 Å². The van der Waals surface area contributed by atoms with Crippen LogP contribution in [0, 0.1) is 11.8 Å². The molecular formula is C17H36NS2+. The first-order chi connectivity index (χ1) is 9.55. The highest BCUT2D eigenvalue weighted by molar-refractivity contribution is 7.80. The zero-order valence-electron chi connectivity index (χ0n) is 14.1. The van der Waals surface area contributed by atoms with Gasteiger partial charge in [0.2, 0.25) is 0 Å². The number of nitrogens with zero attached hydrogens (tertiary/aromatic N) is 1. The van der Waals surface area contributed by atoms with E-state index in [4.69, 9.17) is 25.0 Å². The van der Waals surface area contributed by atoms with Gasteiger partial charge in [-0.15, -0.1) is 0 Å².